The normalized spacial score (nSPS) is 18.0. The molecule has 0 aromatic carbocycles. The zero-order valence-corrected chi connectivity index (χ0v) is 16.6. The van der Waals surface area contributed by atoms with E-state index in [1.165, 1.54) is 51.4 Å². The molecule has 0 spiro atoms. The number of aliphatic hydroxyl groups excluding tert-OH is 1. The van der Waals surface area contributed by atoms with E-state index in [9.17, 15) is 0 Å². The van der Waals surface area contributed by atoms with Crippen molar-refractivity contribution in [2.75, 3.05) is 6.61 Å². The van der Waals surface area contributed by atoms with Crippen LogP contribution in [0.15, 0.2) is 23.8 Å². The molecule has 1 atom stereocenters. The van der Waals surface area contributed by atoms with Crippen LogP contribution in [0.4, 0.5) is 0 Å². The average Bonchev–Trinajstić information content (AvgIpc) is 3.03. The predicted molar refractivity (Wildman–Crippen MR) is 104 cm³/mol. The van der Waals surface area contributed by atoms with E-state index in [-0.39, 0.29) is 6.61 Å². The van der Waals surface area contributed by atoms with E-state index in [2.05, 4.69) is 32.1 Å². The van der Waals surface area contributed by atoms with Crippen LogP contribution >= 0.6 is 0 Å². The van der Waals surface area contributed by atoms with Crippen molar-refractivity contribution < 1.29 is 5.11 Å². The molecule has 1 nitrogen and oxygen atoms in total. The van der Waals surface area contributed by atoms with Crippen molar-refractivity contribution in [3.63, 3.8) is 0 Å². The van der Waals surface area contributed by atoms with Crippen LogP contribution in [0.2, 0.25) is 0 Å². The zero-order valence-electron chi connectivity index (χ0n) is 16.6. The summed E-state index contributed by atoms with van der Waals surface area (Å²) in [7, 11) is 0. The number of rotatable bonds is 6. The summed E-state index contributed by atoms with van der Waals surface area (Å²) >= 11 is 0. The molecule has 0 bridgehead atoms. The number of hydrogen-bond donors (Lipinski definition) is 1. The van der Waals surface area contributed by atoms with E-state index >= 15 is 0 Å². The third-order valence-electron chi connectivity index (χ3n) is 3.42. The van der Waals surface area contributed by atoms with E-state index in [1.54, 1.807) is 12.5 Å². The highest BCUT2D eigenvalue weighted by atomic mass is 16.2. The number of aliphatic hydroxyl groups is 1. The summed E-state index contributed by atoms with van der Waals surface area (Å²) < 4.78 is 0. The van der Waals surface area contributed by atoms with Crippen LogP contribution < -0.4 is 0 Å². The smallest absolute Gasteiger partial charge is 0.0402 e. The molecule has 0 aliphatic heterocycles. The SMILES string of the molecule is C/C=C1/CCCC1/C=C/CCCCCC.CC.CC.CCO. The Morgan fingerprint density at radius 1 is 1.05 bits per heavy atom. The highest BCUT2D eigenvalue weighted by Crippen LogP contribution is 2.31. The monoisotopic (exact) mass is 312 g/mol. The maximum atomic E-state index is 7.57. The topological polar surface area (TPSA) is 20.2 Å². The van der Waals surface area contributed by atoms with Crippen LogP contribution in [0.5, 0.6) is 0 Å². The minimum atomic E-state index is 0.250. The molecule has 0 amide bonds. The molecule has 1 unspecified atom stereocenters. The second-order valence-electron chi connectivity index (χ2n) is 4.96. The largest absolute Gasteiger partial charge is 0.397 e. The molecule has 0 saturated heterocycles. The lowest BCUT2D eigenvalue weighted by atomic mass is 10.0. The van der Waals surface area contributed by atoms with Gasteiger partial charge in [0.2, 0.25) is 0 Å². The lowest BCUT2D eigenvalue weighted by Gasteiger charge is -2.05. The first-order valence-electron chi connectivity index (χ1n) is 9.72. The van der Waals surface area contributed by atoms with Crippen LogP contribution in [0, 0.1) is 5.92 Å². The molecule has 0 aromatic heterocycles. The van der Waals surface area contributed by atoms with Crippen molar-refractivity contribution in [1.29, 1.82) is 0 Å². The van der Waals surface area contributed by atoms with Gasteiger partial charge in [0, 0.05) is 6.61 Å². The van der Waals surface area contributed by atoms with Gasteiger partial charge in [-0.15, -0.1) is 0 Å². The van der Waals surface area contributed by atoms with Crippen LogP contribution in [0.3, 0.4) is 0 Å². The highest BCUT2D eigenvalue weighted by Gasteiger charge is 2.16. The van der Waals surface area contributed by atoms with Gasteiger partial charge < -0.3 is 5.11 Å². The quantitative estimate of drug-likeness (QED) is 0.402. The van der Waals surface area contributed by atoms with Gasteiger partial charge in [0.1, 0.15) is 0 Å². The van der Waals surface area contributed by atoms with Gasteiger partial charge in [-0.1, -0.05) is 77.7 Å². The molecule has 1 fully saturated rings. The molecule has 1 saturated carbocycles. The van der Waals surface area contributed by atoms with Crippen molar-refractivity contribution in [2.45, 2.75) is 99.8 Å². The van der Waals surface area contributed by atoms with E-state index in [0.717, 1.165) is 5.92 Å². The molecule has 1 N–H and O–H groups in total. The Labute approximate surface area is 141 Å². The van der Waals surface area contributed by atoms with Crippen LogP contribution in [0.25, 0.3) is 0 Å². The first-order valence-corrected chi connectivity index (χ1v) is 9.72. The van der Waals surface area contributed by atoms with Crippen molar-refractivity contribution >= 4 is 0 Å². The molecular formula is C21H44O. The Bertz CT molecular complexity index is 228. The van der Waals surface area contributed by atoms with Gasteiger partial charge in [-0.05, 0) is 51.9 Å². The highest BCUT2D eigenvalue weighted by molar-refractivity contribution is 5.16. The Morgan fingerprint density at radius 3 is 2.14 bits per heavy atom. The van der Waals surface area contributed by atoms with E-state index in [1.807, 2.05) is 27.7 Å². The third-order valence-corrected chi connectivity index (χ3v) is 3.42. The van der Waals surface area contributed by atoms with Gasteiger partial charge in [-0.3, -0.25) is 0 Å². The summed E-state index contributed by atoms with van der Waals surface area (Å²) in [6.07, 6.45) is 18.1. The minimum absolute atomic E-state index is 0.250. The Kier molecular flexibility index (Phi) is 30.4. The molecule has 134 valence electrons. The predicted octanol–water partition coefficient (Wildman–Crippen LogP) is 7.31. The summed E-state index contributed by atoms with van der Waals surface area (Å²) in [5.74, 6) is 0.779. The summed E-state index contributed by atoms with van der Waals surface area (Å²) in [5, 5.41) is 7.57. The second-order valence-corrected chi connectivity index (χ2v) is 4.96. The number of hydrogen-bond acceptors (Lipinski definition) is 1. The Hall–Kier alpha value is -0.560. The summed E-state index contributed by atoms with van der Waals surface area (Å²) in [5.41, 5.74) is 1.67. The van der Waals surface area contributed by atoms with Crippen LogP contribution in [-0.4, -0.2) is 11.7 Å². The van der Waals surface area contributed by atoms with Crippen molar-refractivity contribution in [3.05, 3.63) is 23.8 Å². The molecule has 1 rings (SSSR count). The fourth-order valence-electron chi connectivity index (χ4n) is 2.42. The van der Waals surface area contributed by atoms with E-state index in [0.29, 0.717) is 0 Å². The Balaban J connectivity index is -0.000000446. The van der Waals surface area contributed by atoms with Crippen LogP contribution in [-0.2, 0) is 0 Å². The van der Waals surface area contributed by atoms with E-state index in [4.69, 9.17) is 5.11 Å². The third kappa shape index (κ3) is 17.5. The minimum Gasteiger partial charge on any atom is -0.397 e. The van der Waals surface area contributed by atoms with Gasteiger partial charge in [-0.2, -0.15) is 0 Å². The first-order chi connectivity index (χ1) is 10.8. The van der Waals surface area contributed by atoms with Crippen molar-refractivity contribution in [1.82, 2.24) is 0 Å². The summed E-state index contributed by atoms with van der Waals surface area (Å²) in [6, 6.07) is 0. The maximum absolute atomic E-state index is 7.57. The molecular weight excluding hydrogens is 268 g/mol. The molecule has 0 aromatic rings. The van der Waals surface area contributed by atoms with Gasteiger partial charge >= 0.3 is 0 Å². The molecule has 1 aliphatic carbocycles. The first kappa shape index (κ1) is 26.3. The second kappa shape index (κ2) is 25.4. The van der Waals surface area contributed by atoms with Crippen LogP contribution in [0.1, 0.15) is 99.8 Å². The summed E-state index contributed by atoms with van der Waals surface area (Å²) in [4.78, 5) is 0. The molecule has 22 heavy (non-hydrogen) atoms. The van der Waals surface area contributed by atoms with Gasteiger partial charge in [0.15, 0.2) is 0 Å². The Morgan fingerprint density at radius 2 is 1.64 bits per heavy atom. The fraction of sp³-hybridized carbons (Fsp3) is 0.810. The van der Waals surface area contributed by atoms with E-state index < -0.39 is 0 Å². The van der Waals surface area contributed by atoms with Gasteiger partial charge in [0.05, 0.1) is 0 Å². The molecule has 0 heterocycles. The fourth-order valence-corrected chi connectivity index (χ4v) is 2.42. The van der Waals surface area contributed by atoms with Crippen molar-refractivity contribution in [2.24, 2.45) is 5.92 Å². The van der Waals surface area contributed by atoms with Crippen molar-refractivity contribution in [3.8, 4) is 0 Å². The number of unbranched alkanes of at least 4 members (excludes halogenated alkanes) is 4. The zero-order chi connectivity index (χ0) is 17.6. The lowest BCUT2D eigenvalue weighted by molar-refractivity contribution is 0.318. The molecule has 1 aliphatic rings. The average molecular weight is 313 g/mol. The molecule has 1 heteroatoms. The van der Waals surface area contributed by atoms with Gasteiger partial charge in [0.25, 0.3) is 0 Å². The summed E-state index contributed by atoms with van der Waals surface area (Å²) in [6.45, 7) is 14.4. The standard InChI is InChI=1S/C15H26.C2H6O.2C2H6/c1-3-5-6-7-8-9-11-15-13-10-12-14(15)4-2;1-2-3;2*1-2/h4,9,11,15H,3,5-8,10,12-13H2,1-2H3;3H,2H2,1H3;2*1-2H3/b11-9+,14-4-;;;. The molecule has 0 radical (unpaired) electrons. The van der Waals surface area contributed by atoms with Gasteiger partial charge in [-0.25, -0.2) is 0 Å². The number of allylic oxidation sites excluding steroid dienone is 4. The maximum Gasteiger partial charge on any atom is 0.0402 e. The lowest BCUT2D eigenvalue weighted by Crippen LogP contribution is -1.90.